The molecule has 0 aliphatic heterocycles. The van der Waals surface area contributed by atoms with Gasteiger partial charge in [-0.05, 0) is 35.4 Å². The van der Waals surface area contributed by atoms with E-state index in [2.05, 4.69) is 4.94 Å². The van der Waals surface area contributed by atoms with Crippen LogP contribution in [-0.4, -0.2) is 0 Å². The van der Waals surface area contributed by atoms with Crippen molar-refractivity contribution in [2.24, 2.45) is 0 Å². The van der Waals surface area contributed by atoms with Gasteiger partial charge < -0.3 is 0 Å². The Kier molecular flexibility index (Phi) is 3.61. The fourth-order valence-corrected chi connectivity index (χ4v) is 1.71. The van der Waals surface area contributed by atoms with Gasteiger partial charge in [0, 0.05) is 4.53 Å². The fourth-order valence-electron chi connectivity index (χ4n) is 1.71. The van der Waals surface area contributed by atoms with Crippen molar-refractivity contribution in [3.8, 4) is 16.9 Å². The molecule has 0 saturated heterocycles. The monoisotopic (exact) mass is 292 g/mol. The van der Waals surface area contributed by atoms with Crippen LogP contribution in [-0.2, 0) is 6.18 Å². The first kappa shape index (κ1) is 14.2. The topological polar surface area (TPSA) is 9.23 Å². The minimum atomic E-state index is -5.11. The van der Waals surface area contributed by atoms with Crippen LogP contribution in [0.1, 0.15) is 5.56 Å². The summed E-state index contributed by atoms with van der Waals surface area (Å²) in [5, 5.41) is 0. The van der Waals surface area contributed by atoms with Crippen molar-refractivity contribution in [1.29, 1.82) is 0 Å². The third kappa shape index (κ3) is 2.71. The van der Waals surface area contributed by atoms with Gasteiger partial charge in [-0.15, -0.1) is 0 Å². The van der Waals surface area contributed by atoms with Crippen molar-refractivity contribution < 1.29 is 31.4 Å². The fraction of sp³-hybridized carbons (Fsp3) is 0.0769. The molecule has 2 rings (SSSR count). The predicted molar refractivity (Wildman–Crippen MR) is 58.5 cm³/mol. The van der Waals surface area contributed by atoms with Crippen LogP contribution >= 0.6 is 0 Å². The number of halogens is 6. The third-order valence-corrected chi connectivity index (χ3v) is 2.60. The second-order valence-electron chi connectivity index (χ2n) is 3.91. The Morgan fingerprint density at radius 1 is 0.800 bits per heavy atom. The molecule has 0 N–H and O–H groups in total. The van der Waals surface area contributed by atoms with Gasteiger partial charge in [-0.3, -0.25) is 4.94 Å². The van der Waals surface area contributed by atoms with E-state index in [4.69, 9.17) is 0 Å². The maximum Gasteiger partial charge on any atom is 0.422 e. The van der Waals surface area contributed by atoms with Crippen molar-refractivity contribution in [2.45, 2.75) is 6.18 Å². The molecule has 2 aromatic carbocycles. The Morgan fingerprint density at radius 2 is 1.30 bits per heavy atom. The van der Waals surface area contributed by atoms with Crippen molar-refractivity contribution in [1.82, 2.24) is 0 Å². The molecule has 0 aliphatic rings. The molecular formula is C13H6F6O. The smallest absolute Gasteiger partial charge is 0.294 e. The van der Waals surface area contributed by atoms with Crippen LogP contribution in [0.25, 0.3) is 11.1 Å². The van der Waals surface area contributed by atoms with Gasteiger partial charge in [0.05, 0.1) is 0 Å². The predicted octanol–water partition coefficient (Wildman–Crippen LogP) is 4.91. The Hall–Kier alpha value is -2.18. The summed E-state index contributed by atoms with van der Waals surface area (Å²) in [4.78, 5) is 3.42. The van der Waals surface area contributed by atoms with Crippen LogP contribution < -0.4 is 4.94 Å². The molecule has 0 amide bonds. The van der Waals surface area contributed by atoms with E-state index in [0.29, 0.717) is 12.1 Å². The Bertz CT molecular complexity index is 595. The van der Waals surface area contributed by atoms with Crippen LogP contribution in [0.15, 0.2) is 36.4 Å². The number of hydrogen-bond acceptors (Lipinski definition) is 1. The molecule has 0 fully saturated rings. The van der Waals surface area contributed by atoms with Gasteiger partial charge in [0.25, 0.3) is 0 Å². The van der Waals surface area contributed by atoms with Gasteiger partial charge in [-0.25, -0.2) is 8.78 Å². The highest BCUT2D eigenvalue weighted by atomic mass is 19.4. The summed E-state index contributed by atoms with van der Waals surface area (Å²) in [5.41, 5.74) is -1.82. The van der Waals surface area contributed by atoms with Crippen LogP contribution in [0, 0.1) is 11.6 Å². The molecule has 2 aromatic rings. The first-order valence-electron chi connectivity index (χ1n) is 5.28. The summed E-state index contributed by atoms with van der Waals surface area (Å²) < 4.78 is 75.8. The Balaban J connectivity index is 2.49. The van der Waals surface area contributed by atoms with E-state index in [0.717, 1.165) is 0 Å². The van der Waals surface area contributed by atoms with Gasteiger partial charge >= 0.3 is 6.18 Å². The normalized spacial score (nSPS) is 11.5. The average Bonchev–Trinajstić information content (AvgIpc) is 2.36. The highest BCUT2D eigenvalue weighted by Gasteiger charge is 2.37. The molecule has 20 heavy (non-hydrogen) atoms. The molecule has 0 aromatic heterocycles. The van der Waals surface area contributed by atoms with Crippen molar-refractivity contribution >= 4 is 0 Å². The maximum absolute atomic E-state index is 13.4. The minimum absolute atomic E-state index is 0.0987. The largest absolute Gasteiger partial charge is 0.422 e. The highest BCUT2D eigenvalue weighted by Crippen LogP contribution is 2.36. The minimum Gasteiger partial charge on any atom is -0.294 e. The molecule has 7 heteroatoms. The summed E-state index contributed by atoms with van der Waals surface area (Å²) in [5.74, 6) is -3.56. The molecule has 106 valence electrons. The lowest BCUT2D eigenvalue weighted by molar-refractivity contribution is -0.142. The average molecular weight is 292 g/mol. The van der Waals surface area contributed by atoms with Gasteiger partial charge in [0.2, 0.25) is 0 Å². The SMILES string of the molecule is FOc1ccc(-c2cc(F)c(C(F)(F)F)c(F)c2)cc1. The molecule has 0 unspecified atom stereocenters. The Labute approximate surface area is 109 Å². The van der Waals surface area contributed by atoms with Gasteiger partial charge in [0.1, 0.15) is 17.2 Å². The standard InChI is InChI=1S/C13H6F6O/c14-10-5-8(6-11(15)12(10)13(16,17)18)7-1-3-9(20-19)4-2-7/h1-6H. The van der Waals surface area contributed by atoms with Crippen molar-refractivity contribution in [3.63, 3.8) is 0 Å². The summed E-state index contributed by atoms with van der Waals surface area (Å²) in [7, 11) is 0. The van der Waals surface area contributed by atoms with Gasteiger partial charge in [-0.1, -0.05) is 12.1 Å². The number of alkyl halides is 3. The van der Waals surface area contributed by atoms with Crippen molar-refractivity contribution in [3.05, 3.63) is 53.6 Å². The lowest BCUT2D eigenvalue weighted by atomic mass is 10.0. The molecule has 0 aliphatic carbocycles. The quantitative estimate of drug-likeness (QED) is 0.714. The number of hydrogen-bond donors (Lipinski definition) is 0. The van der Waals surface area contributed by atoms with Gasteiger partial charge in [-0.2, -0.15) is 13.2 Å². The first-order valence-corrected chi connectivity index (χ1v) is 5.28. The third-order valence-electron chi connectivity index (χ3n) is 2.60. The second-order valence-corrected chi connectivity index (χ2v) is 3.91. The summed E-state index contributed by atoms with van der Waals surface area (Å²) in [6, 6.07) is 5.99. The Morgan fingerprint density at radius 3 is 1.70 bits per heavy atom. The summed E-state index contributed by atoms with van der Waals surface area (Å²) in [6.07, 6.45) is -5.11. The van der Waals surface area contributed by atoms with Crippen LogP contribution in [0.3, 0.4) is 0 Å². The summed E-state index contributed by atoms with van der Waals surface area (Å²) >= 11 is 0. The number of rotatable bonds is 2. The van der Waals surface area contributed by atoms with Crippen LogP contribution in [0.5, 0.6) is 5.75 Å². The maximum atomic E-state index is 13.4. The van der Waals surface area contributed by atoms with Crippen molar-refractivity contribution in [2.75, 3.05) is 0 Å². The lowest BCUT2D eigenvalue weighted by Gasteiger charge is -2.11. The van der Waals surface area contributed by atoms with E-state index < -0.39 is 23.4 Å². The van der Waals surface area contributed by atoms with E-state index in [9.17, 15) is 26.5 Å². The first-order chi connectivity index (χ1) is 9.32. The van der Waals surface area contributed by atoms with E-state index in [1.807, 2.05) is 0 Å². The van der Waals surface area contributed by atoms with Crippen LogP contribution in [0.4, 0.5) is 26.5 Å². The van der Waals surface area contributed by atoms with E-state index in [1.54, 1.807) is 0 Å². The lowest BCUT2D eigenvalue weighted by Crippen LogP contribution is -2.11. The van der Waals surface area contributed by atoms with E-state index in [1.165, 1.54) is 24.3 Å². The van der Waals surface area contributed by atoms with E-state index >= 15 is 0 Å². The van der Waals surface area contributed by atoms with Gasteiger partial charge in [0.15, 0.2) is 5.75 Å². The zero-order valence-electron chi connectivity index (χ0n) is 9.64. The molecule has 1 nitrogen and oxygen atoms in total. The molecule has 0 spiro atoms. The highest BCUT2D eigenvalue weighted by molar-refractivity contribution is 5.65. The second kappa shape index (κ2) is 5.07. The van der Waals surface area contributed by atoms with E-state index in [-0.39, 0.29) is 16.9 Å². The molecular weight excluding hydrogens is 286 g/mol. The summed E-state index contributed by atoms with van der Waals surface area (Å²) in [6.45, 7) is 0. The molecule has 0 atom stereocenters. The molecule has 0 bridgehead atoms. The van der Waals surface area contributed by atoms with Crippen LogP contribution in [0.2, 0.25) is 0 Å². The molecule has 0 radical (unpaired) electrons. The zero-order chi connectivity index (χ0) is 14.9. The number of benzene rings is 2. The molecule has 0 heterocycles. The molecule has 0 saturated carbocycles. The zero-order valence-corrected chi connectivity index (χ0v) is 9.64.